The van der Waals surface area contributed by atoms with Crippen molar-refractivity contribution >= 4 is 28.3 Å². The maximum atomic E-state index is 13.3. The Morgan fingerprint density at radius 2 is 1.93 bits per heavy atom. The maximum absolute atomic E-state index is 13.3. The van der Waals surface area contributed by atoms with Crippen LogP contribution in [0.3, 0.4) is 0 Å². The number of aromatic nitrogens is 3. The van der Waals surface area contributed by atoms with Gasteiger partial charge < -0.3 is 19.4 Å². The van der Waals surface area contributed by atoms with Gasteiger partial charge in [0.1, 0.15) is 12.1 Å². The summed E-state index contributed by atoms with van der Waals surface area (Å²) in [5.41, 5.74) is 2.33. The highest BCUT2D eigenvalue weighted by molar-refractivity contribution is 6.16. The molecule has 0 saturated carbocycles. The molecule has 2 fully saturated rings. The molecule has 0 aromatic carbocycles. The number of hydrogen-bond acceptors (Lipinski definition) is 6. The van der Waals surface area contributed by atoms with Crippen LogP contribution in [0.1, 0.15) is 23.2 Å². The summed E-state index contributed by atoms with van der Waals surface area (Å²) >= 11 is 0. The quantitative estimate of drug-likeness (QED) is 0.708. The van der Waals surface area contributed by atoms with Gasteiger partial charge in [0.15, 0.2) is 5.65 Å². The summed E-state index contributed by atoms with van der Waals surface area (Å²) in [6.07, 6.45) is 5.87. The van der Waals surface area contributed by atoms with E-state index in [0.29, 0.717) is 12.1 Å². The normalized spacial score (nSPS) is 18.0. The molecule has 0 bridgehead atoms. The lowest BCUT2D eigenvalue weighted by Crippen LogP contribution is -2.41. The Labute approximate surface area is 169 Å². The van der Waals surface area contributed by atoms with Gasteiger partial charge in [-0.3, -0.25) is 9.69 Å². The lowest BCUT2D eigenvalue weighted by atomic mass is 10.1. The van der Waals surface area contributed by atoms with Gasteiger partial charge in [-0.1, -0.05) is 6.07 Å². The van der Waals surface area contributed by atoms with Gasteiger partial charge in [-0.05, 0) is 25.0 Å². The molecular weight excluding hydrogens is 368 g/mol. The molecule has 5 rings (SSSR count). The molecule has 29 heavy (non-hydrogen) atoms. The van der Waals surface area contributed by atoms with Crippen molar-refractivity contribution < 1.29 is 9.53 Å². The molecule has 3 aromatic heterocycles. The molecule has 0 unspecified atom stereocenters. The molecule has 2 saturated heterocycles. The lowest BCUT2D eigenvalue weighted by molar-refractivity contribution is 0.0383. The van der Waals surface area contributed by atoms with E-state index in [0.717, 1.165) is 81.1 Å². The van der Waals surface area contributed by atoms with Crippen LogP contribution in [0.4, 0.5) is 5.82 Å². The first-order valence-electron chi connectivity index (χ1n) is 10.4. The predicted molar refractivity (Wildman–Crippen MR) is 112 cm³/mol. The van der Waals surface area contributed by atoms with Gasteiger partial charge in [0.25, 0.3) is 5.91 Å². The number of amides is 1. The SMILES string of the molecule is O=C(NCCN1CCOCC1)c1c2c(N3CCCC3)ncnc2n2ccccc12. The molecule has 0 atom stereocenters. The molecule has 0 radical (unpaired) electrons. The molecule has 2 aliphatic rings. The smallest absolute Gasteiger partial charge is 0.254 e. The number of rotatable bonds is 5. The topological polar surface area (TPSA) is 75.0 Å². The summed E-state index contributed by atoms with van der Waals surface area (Å²) in [5.74, 6) is 0.807. The van der Waals surface area contributed by atoms with E-state index in [-0.39, 0.29) is 5.91 Å². The zero-order chi connectivity index (χ0) is 19.6. The van der Waals surface area contributed by atoms with Crippen molar-refractivity contribution in [3.05, 3.63) is 36.3 Å². The van der Waals surface area contributed by atoms with Gasteiger partial charge in [-0.15, -0.1) is 0 Å². The third-order valence-corrected chi connectivity index (χ3v) is 5.85. The molecule has 5 heterocycles. The van der Waals surface area contributed by atoms with E-state index in [1.807, 2.05) is 28.8 Å². The first-order valence-corrected chi connectivity index (χ1v) is 10.4. The predicted octanol–water partition coefficient (Wildman–Crippen LogP) is 1.54. The van der Waals surface area contributed by atoms with Gasteiger partial charge in [0.2, 0.25) is 0 Å². The summed E-state index contributed by atoms with van der Waals surface area (Å²) < 4.78 is 7.39. The van der Waals surface area contributed by atoms with Crippen LogP contribution in [0.15, 0.2) is 30.7 Å². The van der Waals surface area contributed by atoms with Crippen LogP contribution >= 0.6 is 0 Å². The van der Waals surface area contributed by atoms with Gasteiger partial charge in [0, 0.05) is 45.5 Å². The van der Waals surface area contributed by atoms with Crippen LogP contribution in [0.2, 0.25) is 0 Å². The second-order valence-corrected chi connectivity index (χ2v) is 7.63. The molecule has 8 heteroatoms. The van der Waals surface area contributed by atoms with Crippen molar-refractivity contribution in [2.75, 3.05) is 57.4 Å². The molecule has 3 aromatic rings. The van der Waals surface area contributed by atoms with Gasteiger partial charge in [0.05, 0.1) is 29.7 Å². The van der Waals surface area contributed by atoms with Crippen molar-refractivity contribution in [3.63, 3.8) is 0 Å². The maximum Gasteiger partial charge on any atom is 0.254 e. The highest BCUT2D eigenvalue weighted by Gasteiger charge is 2.26. The molecule has 0 aliphatic carbocycles. The number of anilines is 1. The average Bonchev–Trinajstić information content (AvgIpc) is 3.41. The minimum atomic E-state index is -0.0628. The Bertz CT molecular complexity index is 1020. The molecule has 1 amide bonds. The first-order chi connectivity index (χ1) is 14.3. The van der Waals surface area contributed by atoms with Crippen molar-refractivity contribution in [3.8, 4) is 0 Å². The van der Waals surface area contributed by atoms with E-state index in [4.69, 9.17) is 4.74 Å². The summed E-state index contributed by atoms with van der Waals surface area (Å²) in [6.45, 7) is 6.73. The number of morpholine rings is 1. The minimum Gasteiger partial charge on any atom is -0.379 e. The Hall–Kier alpha value is -2.71. The molecule has 0 spiro atoms. The average molecular weight is 394 g/mol. The molecular formula is C21H26N6O2. The van der Waals surface area contributed by atoms with E-state index in [1.54, 1.807) is 6.33 Å². The summed E-state index contributed by atoms with van der Waals surface area (Å²) in [6, 6.07) is 5.90. The third-order valence-electron chi connectivity index (χ3n) is 5.85. The second-order valence-electron chi connectivity index (χ2n) is 7.63. The fourth-order valence-corrected chi connectivity index (χ4v) is 4.37. The van der Waals surface area contributed by atoms with Crippen LogP contribution < -0.4 is 10.2 Å². The van der Waals surface area contributed by atoms with Crippen LogP contribution in [0, 0.1) is 0 Å². The number of pyridine rings is 1. The zero-order valence-electron chi connectivity index (χ0n) is 16.5. The van der Waals surface area contributed by atoms with E-state index in [2.05, 4.69) is 25.1 Å². The van der Waals surface area contributed by atoms with Gasteiger partial charge >= 0.3 is 0 Å². The number of hydrogen-bond donors (Lipinski definition) is 1. The van der Waals surface area contributed by atoms with Crippen molar-refractivity contribution in [1.82, 2.24) is 24.6 Å². The third kappa shape index (κ3) is 3.42. The Morgan fingerprint density at radius 1 is 1.10 bits per heavy atom. The van der Waals surface area contributed by atoms with Crippen LogP contribution in [-0.4, -0.2) is 77.7 Å². The van der Waals surface area contributed by atoms with Crippen molar-refractivity contribution in [1.29, 1.82) is 0 Å². The molecule has 1 N–H and O–H groups in total. The molecule has 152 valence electrons. The zero-order valence-corrected chi connectivity index (χ0v) is 16.5. The van der Waals surface area contributed by atoms with E-state index < -0.39 is 0 Å². The number of carbonyl (C=O) groups is 1. The Kier molecular flexibility index (Phi) is 5.03. The fourth-order valence-electron chi connectivity index (χ4n) is 4.37. The first kappa shape index (κ1) is 18.3. The van der Waals surface area contributed by atoms with Crippen molar-refractivity contribution in [2.45, 2.75) is 12.8 Å². The van der Waals surface area contributed by atoms with Crippen molar-refractivity contribution in [2.24, 2.45) is 0 Å². The van der Waals surface area contributed by atoms with E-state index in [9.17, 15) is 4.79 Å². The molecule has 8 nitrogen and oxygen atoms in total. The number of ether oxygens (including phenoxy) is 1. The highest BCUT2D eigenvalue weighted by atomic mass is 16.5. The monoisotopic (exact) mass is 394 g/mol. The van der Waals surface area contributed by atoms with Gasteiger partial charge in [-0.25, -0.2) is 9.97 Å². The summed E-state index contributed by atoms with van der Waals surface area (Å²) in [7, 11) is 0. The van der Waals surface area contributed by atoms with Crippen LogP contribution in [0.25, 0.3) is 16.6 Å². The number of carbonyl (C=O) groups excluding carboxylic acids is 1. The summed E-state index contributed by atoms with van der Waals surface area (Å²) in [4.78, 5) is 27.0. The minimum absolute atomic E-state index is 0.0628. The largest absolute Gasteiger partial charge is 0.379 e. The molecule has 2 aliphatic heterocycles. The Morgan fingerprint density at radius 3 is 2.76 bits per heavy atom. The lowest BCUT2D eigenvalue weighted by Gasteiger charge is -2.26. The number of nitrogens with zero attached hydrogens (tertiary/aromatic N) is 5. The van der Waals surface area contributed by atoms with E-state index in [1.165, 1.54) is 0 Å². The fraction of sp³-hybridized carbons (Fsp3) is 0.476. The van der Waals surface area contributed by atoms with Gasteiger partial charge in [-0.2, -0.15) is 0 Å². The number of fused-ring (bicyclic) bond motifs is 3. The standard InChI is InChI=1S/C21H26N6O2/c28-21(22-6-10-25-11-13-29-14-12-25)17-16-5-1-2-9-27(16)20-18(17)19(23-15-24-20)26-7-3-4-8-26/h1-2,5,9,15H,3-4,6-8,10-14H2,(H,22,28). The summed E-state index contributed by atoms with van der Waals surface area (Å²) in [5, 5.41) is 3.98. The van der Waals surface area contributed by atoms with Crippen LogP contribution in [-0.2, 0) is 4.74 Å². The van der Waals surface area contributed by atoms with E-state index >= 15 is 0 Å². The highest BCUT2D eigenvalue weighted by Crippen LogP contribution is 2.33. The second kappa shape index (κ2) is 7.96. The number of nitrogens with one attached hydrogen (secondary N) is 1. The Balaban J connectivity index is 1.49. The van der Waals surface area contributed by atoms with Crippen LogP contribution in [0.5, 0.6) is 0 Å².